The van der Waals surface area contributed by atoms with E-state index in [1.807, 2.05) is 51.1 Å². The Bertz CT molecular complexity index is 1050. The SMILES string of the molecule is COc1ccccc1C1Nc2ccc(S(=O)(=O)NC(C)(C)C)cc2C2C=CCC21. The van der Waals surface area contributed by atoms with Crippen LogP contribution >= 0.6 is 0 Å². The van der Waals surface area contributed by atoms with Crippen molar-refractivity contribution in [3.8, 4) is 5.75 Å². The fourth-order valence-electron chi connectivity index (χ4n) is 4.43. The number of methoxy groups -OCH3 is 1. The summed E-state index contributed by atoms with van der Waals surface area (Å²) in [5, 5.41) is 3.65. The van der Waals surface area contributed by atoms with Gasteiger partial charge in [-0.1, -0.05) is 30.4 Å². The second kappa shape index (κ2) is 7.18. The Labute approximate surface area is 173 Å². The van der Waals surface area contributed by atoms with Crippen LogP contribution in [0.5, 0.6) is 5.75 Å². The number of allylic oxidation sites excluding steroid dienone is 2. The van der Waals surface area contributed by atoms with Crippen LogP contribution in [0, 0.1) is 5.92 Å². The Hall–Kier alpha value is -2.31. The summed E-state index contributed by atoms with van der Waals surface area (Å²) >= 11 is 0. The van der Waals surface area contributed by atoms with E-state index in [1.54, 1.807) is 13.2 Å². The highest BCUT2D eigenvalue weighted by atomic mass is 32.2. The van der Waals surface area contributed by atoms with Crippen LogP contribution in [0.15, 0.2) is 59.5 Å². The highest BCUT2D eigenvalue weighted by Crippen LogP contribution is 2.51. The summed E-state index contributed by atoms with van der Waals surface area (Å²) in [5.41, 5.74) is 2.61. The summed E-state index contributed by atoms with van der Waals surface area (Å²) < 4.78 is 34.0. The van der Waals surface area contributed by atoms with Crippen molar-refractivity contribution < 1.29 is 13.2 Å². The van der Waals surface area contributed by atoms with E-state index in [2.05, 4.69) is 28.3 Å². The van der Waals surface area contributed by atoms with Gasteiger partial charge in [0.15, 0.2) is 0 Å². The lowest BCUT2D eigenvalue weighted by Crippen LogP contribution is -2.40. The van der Waals surface area contributed by atoms with Gasteiger partial charge >= 0.3 is 0 Å². The van der Waals surface area contributed by atoms with E-state index in [0.717, 1.165) is 29.0 Å². The molecule has 2 aromatic carbocycles. The van der Waals surface area contributed by atoms with Gasteiger partial charge in [0, 0.05) is 22.7 Å². The minimum absolute atomic E-state index is 0.105. The molecule has 1 aliphatic heterocycles. The third-order valence-corrected chi connectivity index (χ3v) is 7.31. The summed E-state index contributed by atoms with van der Waals surface area (Å²) in [6.07, 6.45) is 5.35. The van der Waals surface area contributed by atoms with E-state index in [4.69, 9.17) is 4.74 Å². The Morgan fingerprint density at radius 3 is 2.59 bits per heavy atom. The molecule has 0 fully saturated rings. The maximum Gasteiger partial charge on any atom is 0.241 e. The van der Waals surface area contributed by atoms with E-state index in [9.17, 15) is 8.42 Å². The molecule has 1 heterocycles. The first-order chi connectivity index (χ1) is 13.7. The molecule has 0 saturated carbocycles. The molecule has 0 bridgehead atoms. The highest BCUT2D eigenvalue weighted by Gasteiger charge is 2.39. The second-order valence-electron chi connectivity index (χ2n) is 8.82. The Morgan fingerprint density at radius 1 is 1.10 bits per heavy atom. The van der Waals surface area contributed by atoms with Crippen LogP contribution in [-0.4, -0.2) is 21.1 Å². The molecule has 6 heteroatoms. The average Bonchev–Trinajstić information content (AvgIpc) is 3.15. The number of hydrogen-bond acceptors (Lipinski definition) is 4. The molecule has 2 aromatic rings. The number of anilines is 1. The normalized spacial score (nSPS) is 23.2. The molecule has 2 N–H and O–H groups in total. The predicted molar refractivity (Wildman–Crippen MR) is 116 cm³/mol. The molecule has 3 atom stereocenters. The van der Waals surface area contributed by atoms with Gasteiger partial charge in [-0.25, -0.2) is 13.1 Å². The molecule has 0 spiro atoms. The maximum absolute atomic E-state index is 12.8. The number of para-hydroxylation sites is 1. The summed E-state index contributed by atoms with van der Waals surface area (Å²) in [5.74, 6) is 1.35. The summed E-state index contributed by atoms with van der Waals surface area (Å²) in [6.45, 7) is 5.54. The van der Waals surface area contributed by atoms with E-state index in [-0.39, 0.29) is 12.0 Å². The summed E-state index contributed by atoms with van der Waals surface area (Å²) in [4.78, 5) is 0.308. The minimum atomic E-state index is -3.58. The van der Waals surface area contributed by atoms with Gasteiger partial charge < -0.3 is 10.1 Å². The highest BCUT2D eigenvalue weighted by molar-refractivity contribution is 7.89. The molecule has 2 aliphatic rings. The van der Waals surface area contributed by atoms with Crippen LogP contribution < -0.4 is 14.8 Å². The zero-order valence-electron chi connectivity index (χ0n) is 17.3. The van der Waals surface area contributed by atoms with Crippen LogP contribution in [0.1, 0.15) is 50.3 Å². The quantitative estimate of drug-likeness (QED) is 0.721. The predicted octanol–water partition coefficient (Wildman–Crippen LogP) is 4.60. The van der Waals surface area contributed by atoms with Crippen molar-refractivity contribution in [2.45, 2.75) is 49.6 Å². The van der Waals surface area contributed by atoms with E-state index < -0.39 is 15.6 Å². The molecule has 154 valence electrons. The first kappa shape index (κ1) is 20.0. The molecule has 3 unspecified atom stereocenters. The molecular weight excluding hydrogens is 384 g/mol. The van der Waals surface area contributed by atoms with Gasteiger partial charge in [-0.3, -0.25) is 0 Å². The van der Waals surface area contributed by atoms with E-state index >= 15 is 0 Å². The monoisotopic (exact) mass is 412 g/mol. The summed E-state index contributed by atoms with van der Waals surface area (Å²) in [7, 11) is -1.88. The number of benzene rings is 2. The zero-order valence-corrected chi connectivity index (χ0v) is 18.1. The van der Waals surface area contributed by atoms with Gasteiger partial charge in [0.2, 0.25) is 10.0 Å². The second-order valence-corrected chi connectivity index (χ2v) is 10.5. The van der Waals surface area contributed by atoms with Crippen molar-refractivity contribution in [3.63, 3.8) is 0 Å². The lowest BCUT2D eigenvalue weighted by atomic mass is 9.77. The smallest absolute Gasteiger partial charge is 0.241 e. The first-order valence-corrected chi connectivity index (χ1v) is 11.4. The van der Waals surface area contributed by atoms with Crippen LogP contribution in [0.4, 0.5) is 5.69 Å². The molecule has 4 rings (SSSR count). The Kier molecular flexibility index (Phi) is 4.95. The molecular formula is C23H28N2O3S. The fourth-order valence-corrected chi connectivity index (χ4v) is 5.89. The minimum Gasteiger partial charge on any atom is -0.496 e. The van der Waals surface area contributed by atoms with Crippen molar-refractivity contribution in [3.05, 3.63) is 65.7 Å². The largest absolute Gasteiger partial charge is 0.496 e. The molecule has 1 aliphatic carbocycles. The number of fused-ring (bicyclic) bond motifs is 3. The van der Waals surface area contributed by atoms with Gasteiger partial charge in [0.1, 0.15) is 5.75 Å². The van der Waals surface area contributed by atoms with E-state index in [1.165, 1.54) is 0 Å². The van der Waals surface area contributed by atoms with Crippen molar-refractivity contribution in [1.82, 2.24) is 4.72 Å². The van der Waals surface area contributed by atoms with Crippen LogP contribution in [0.25, 0.3) is 0 Å². The fraction of sp³-hybridized carbons (Fsp3) is 0.391. The van der Waals surface area contributed by atoms with Crippen LogP contribution in [-0.2, 0) is 10.0 Å². The van der Waals surface area contributed by atoms with Crippen LogP contribution in [0.2, 0.25) is 0 Å². The summed E-state index contributed by atoms with van der Waals surface area (Å²) in [6, 6.07) is 13.6. The van der Waals surface area contributed by atoms with Gasteiger partial charge in [-0.15, -0.1) is 0 Å². The topological polar surface area (TPSA) is 67.4 Å². The molecule has 0 radical (unpaired) electrons. The third kappa shape index (κ3) is 3.79. The van der Waals surface area contributed by atoms with Crippen LogP contribution in [0.3, 0.4) is 0 Å². The van der Waals surface area contributed by atoms with E-state index in [0.29, 0.717) is 10.8 Å². The molecule has 0 aromatic heterocycles. The number of hydrogen-bond donors (Lipinski definition) is 2. The molecule has 5 nitrogen and oxygen atoms in total. The van der Waals surface area contributed by atoms with Crippen molar-refractivity contribution in [2.75, 3.05) is 12.4 Å². The van der Waals surface area contributed by atoms with Crippen molar-refractivity contribution >= 4 is 15.7 Å². The number of sulfonamides is 1. The van der Waals surface area contributed by atoms with Crippen molar-refractivity contribution in [2.24, 2.45) is 5.92 Å². The molecule has 29 heavy (non-hydrogen) atoms. The lowest BCUT2D eigenvalue weighted by Gasteiger charge is -2.38. The van der Waals surface area contributed by atoms with Gasteiger partial charge in [-0.05, 0) is 62.9 Å². The third-order valence-electron chi connectivity index (χ3n) is 5.56. The first-order valence-electron chi connectivity index (χ1n) is 9.94. The van der Waals surface area contributed by atoms with Crippen molar-refractivity contribution in [1.29, 1.82) is 0 Å². The maximum atomic E-state index is 12.8. The Balaban J connectivity index is 1.74. The average molecular weight is 413 g/mol. The number of nitrogens with one attached hydrogen (secondary N) is 2. The van der Waals surface area contributed by atoms with Gasteiger partial charge in [0.25, 0.3) is 0 Å². The number of ether oxygens (including phenoxy) is 1. The van der Waals surface area contributed by atoms with Gasteiger partial charge in [-0.2, -0.15) is 0 Å². The molecule has 0 amide bonds. The van der Waals surface area contributed by atoms with Gasteiger partial charge in [0.05, 0.1) is 18.0 Å². The Morgan fingerprint density at radius 2 is 1.86 bits per heavy atom. The zero-order chi connectivity index (χ0) is 20.8. The standard InChI is InChI=1S/C23H28N2O3S/c1-23(2,3)25-29(26,27)15-12-13-20-19(14-15)16-9-7-10-17(16)22(24-20)18-8-5-6-11-21(18)28-4/h5-9,11-14,16-17,22,24-25H,10H2,1-4H3. The molecule has 0 saturated heterocycles. The number of rotatable bonds is 4. The lowest BCUT2D eigenvalue weighted by molar-refractivity contribution is 0.381.